The summed E-state index contributed by atoms with van der Waals surface area (Å²) in [5.41, 5.74) is 1.92. The van der Waals surface area contributed by atoms with E-state index in [4.69, 9.17) is 25.8 Å². The normalized spacial score (nSPS) is 19.6. The van der Waals surface area contributed by atoms with Gasteiger partial charge in [-0.3, -0.25) is 4.79 Å². The van der Waals surface area contributed by atoms with E-state index in [0.717, 1.165) is 22.0 Å². The van der Waals surface area contributed by atoms with Crippen LogP contribution in [0.25, 0.3) is 10.9 Å². The van der Waals surface area contributed by atoms with Gasteiger partial charge in [-0.15, -0.1) is 11.6 Å². The van der Waals surface area contributed by atoms with E-state index >= 15 is 0 Å². The first-order valence-corrected chi connectivity index (χ1v) is 11.9. The summed E-state index contributed by atoms with van der Waals surface area (Å²) < 4.78 is 17.1. The van der Waals surface area contributed by atoms with Crippen LogP contribution in [0.3, 0.4) is 0 Å². The number of fused-ring (bicyclic) bond motifs is 3. The molecule has 34 heavy (non-hydrogen) atoms. The average Bonchev–Trinajstić information content (AvgIpc) is 3.25. The summed E-state index contributed by atoms with van der Waals surface area (Å²) in [5.74, 6) is -0.185. The van der Waals surface area contributed by atoms with Gasteiger partial charge < -0.3 is 24.1 Å². The van der Waals surface area contributed by atoms with Crippen LogP contribution in [-0.4, -0.2) is 54.5 Å². The Bertz CT molecular complexity index is 1220. The predicted octanol–water partition coefficient (Wildman–Crippen LogP) is 4.57. The number of methoxy groups -OCH3 is 1. The van der Waals surface area contributed by atoms with E-state index in [0.29, 0.717) is 23.8 Å². The largest absolute Gasteiger partial charge is 0.493 e. The van der Waals surface area contributed by atoms with Crippen molar-refractivity contribution < 1.29 is 23.8 Å². The topological polar surface area (TPSA) is 80.9 Å². The molecule has 2 atom stereocenters. The van der Waals surface area contributed by atoms with Crippen LogP contribution in [0.2, 0.25) is 0 Å². The maximum atomic E-state index is 13.4. The highest BCUT2D eigenvalue weighted by Gasteiger charge is 2.53. The van der Waals surface area contributed by atoms with Crippen LogP contribution in [0, 0.1) is 0 Å². The molecule has 0 unspecified atom stereocenters. The van der Waals surface area contributed by atoms with Crippen LogP contribution in [0.4, 0.5) is 0 Å². The fourth-order valence-corrected chi connectivity index (χ4v) is 5.07. The molecular weight excluding hydrogens is 456 g/mol. The van der Waals surface area contributed by atoms with Crippen LogP contribution in [-0.2, 0) is 19.9 Å². The molecular formula is C26H29ClN2O5. The van der Waals surface area contributed by atoms with Gasteiger partial charge in [-0.1, -0.05) is 30.3 Å². The number of hydrogen-bond acceptors (Lipinski definition) is 5. The van der Waals surface area contributed by atoms with Gasteiger partial charge in [0, 0.05) is 28.9 Å². The van der Waals surface area contributed by atoms with Crippen molar-refractivity contribution in [2.45, 2.75) is 32.2 Å². The maximum absolute atomic E-state index is 13.4. The quantitative estimate of drug-likeness (QED) is 0.392. The zero-order chi connectivity index (χ0) is 24.5. The van der Waals surface area contributed by atoms with E-state index in [-0.39, 0.29) is 30.9 Å². The third kappa shape index (κ3) is 3.68. The first-order valence-electron chi connectivity index (χ1n) is 11.4. The van der Waals surface area contributed by atoms with Crippen LogP contribution < -0.4 is 9.47 Å². The zero-order valence-corrected chi connectivity index (χ0v) is 20.6. The second-order valence-corrected chi connectivity index (χ2v) is 8.52. The molecule has 0 saturated heterocycles. The second kappa shape index (κ2) is 9.58. The molecule has 2 heterocycles. The van der Waals surface area contributed by atoms with Crippen molar-refractivity contribution in [3.63, 3.8) is 0 Å². The Morgan fingerprint density at radius 3 is 2.59 bits per heavy atom. The number of benzene rings is 2. The van der Waals surface area contributed by atoms with Gasteiger partial charge in [0.05, 0.1) is 26.0 Å². The zero-order valence-electron chi connectivity index (χ0n) is 19.8. The molecule has 0 fully saturated rings. The summed E-state index contributed by atoms with van der Waals surface area (Å²) in [6.45, 7) is 6.25. The van der Waals surface area contributed by atoms with E-state index < -0.39 is 11.5 Å². The van der Waals surface area contributed by atoms with Gasteiger partial charge in [0.15, 0.2) is 17.0 Å². The smallest absolute Gasteiger partial charge is 0.338 e. The summed E-state index contributed by atoms with van der Waals surface area (Å²) >= 11 is 6.02. The number of rotatable bonds is 7. The Balaban J connectivity index is 2.05. The minimum absolute atomic E-state index is 0.195. The predicted molar refractivity (Wildman–Crippen MR) is 131 cm³/mol. The first-order chi connectivity index (χ1) is 16.4. The number of hydrogen-bond donors (Lipinski definition) is 1. The SMILES string of the molecule is CCOC(=O)[C@]1(C)c2[nH]c3ccccc3c2[C@@H](c2cccc(OC)c2OCC)CN1C(=O)CCl. The molecule has 1 aliphatic rings. The van der Waals surface area contributed by atoms with E-state index in [2.05, 4.69) is 4.98 Å². The highest BCUT2D eigenvalue weighted by Crippen LogP contribution is 2.49. The van der Waals surface area contributed by atoms with Gasteiger partial charge in [-0.25, -0.2) is 4.79 Å². The van der Waals surface area contributed by atoms with Gasteiger partial charge in [-0.2, -0.15) is 0 Å². The Morgan fingerprint density at radius 2 is 1.91 bits per heavy atom. The Morgan fingerprint density at radius 1 is 1.15 bits per heavy atom. The number of halogens is 1. The van der Waals surface area contributed by atoms with E-state index in [1.807, 2.05) is 49.4 Å². The van der Waals surface area contributed by atoms with Crippen molar-refractivity contribution in [1.82, 2.24) is 9.88 Å². The minimum atomic E-state index is -1.36. The monoisotopic (exact) mass is 484 g/mol. The number of carbonyl (C=O) groups excluding carboxylic acids is 2. The van der Waals surface area contributed by atoms with Crippen LogP contribution in [0.15, 0.2) is 42.5 Å². The molecule has 180 valence electrons. The number of aromatic nitrogens is 1. The average molecular weight is 485 g/mol. The van der Waals surface area contributed by atoms with Gasteiger partial charge in [0.25, 0.3) is 0 Å². The molecule has 2 aromatic carbocycles. The van der Waals surface area contributed by atoms with Crippen molar-refractivity contribution in [3.8, 4) is 11.5 Å². The maximum Gasteiger partial charge on any atom is 0.338 e. The summed E-state index contributed by atoms with van der Waals surface area (Å²) in [4.78, 5) is 31.5. The van der Waals surface area contributed by atoms with E-state index in [1.54, 1.807) is 21.0 Å². The van der Waals surface area contributed by atoms with Crippen LogP contribution in [0.1, 0.15) is 43.5 Å². The number of esters is 1. The second-order valence-electron chi connectivity index (χ2n) is 8.25. The molecule has 4 rings (SSSR count). The Hall–Kier alpha value is -3.19. The van der Waals surface area contributed by atoms with Gasteiger partial charge in [0.1, 0.15) is 5.88 Å². The summed E-state index contributed by atoms with van der Waals surface area (Å²) in [6, 6.07) is 13.6. The molecule has 0 aliphatic carbocycles. The lowest BCUT2D eigenvalue weighted by Gasteiger charge is -2.45. The Kier molecular flexibility index (Phi) is 6.75. The molecule has 1 aromatic heterocycles. The van der Waals surface area contributed by atoms with Crippen molar-refractivity contribution in [3.05, 3.63) is 59.3 Å². The molecule has 0 saturated carbocycles. The standard InChI is InChI=1S/C26H29ClN2O5/c1-5-33-23-16(11-9-13-20(23)32-4)18-15-29(21(30)14-27)26(3,25(31)34-6-2)24-22(18)17-10-7-8-12-19(17)28-24/h7-13,18,28H,5-6,14-15H2,1-4H3/t18-,26+/m1/s1. The molecule has 1 N–H and O–H groups in total. The van der Waals surface area contributed by atoms with Crippen molar-refractivity contribution >= 4 is 34.4 Å². The number of H-pyrrole nitrogens is 1. The lowest BCUT2D eigenvalue weighted by atomic mass is 9.77. The van der Waals surface area contributed by atoms with E-state index in [1.165, 1.54) is 4.90 Å². The number of aromatic amines is 1. The van der Waals surface area contributed by atoms with Gasteiger partial charge in [-0.05, 0) is 38.5 Å². The van der Waals surface area contributed by atoms with Gasteiger partial charge >= 0.3 is 5.97 Å². The highest BCUT2D eigenvalue weighted by molar-refractivity contribution is 6.27. The third-order valence-electron chi connectivity index (χ3n) is 6.47. The van der Waals surface area contributed by atoms with Crippen molar-refractivity contribution in [2.75, 3.05) is 32.7 Å². The minimum Gasteiger partial charge on any atom is -0.493 e. The fraction of sp³-hybridized carbons (Fsp3) is 0.385. The lowest BCUT2D eigenvalue weighted by Crippen LogP contribution is -2.58. The molecule has 0 radical (unpaired) electrons. The Labute approximate surface area is 203 Å². The summed E-state index contributed by atoms with van der Waals surface area (Å²) in [7, 11) is 1.60. The summed E-state index contributed by atoms with van der Waals surface area (Å²) in [5, 5.41) is 0.973. The molecule has 0 bridgehead atoms. The lowest BCUT2D eigenvalue weighted by molar-refractivity contribution is -0.164. The first kappa shape index (κ1) is 24.0. The van der Waals surface area contributed by atoms with Crippen molar-refractivity contribution in [2.24, 2.45) is 0 Å². The fourth-order valence-electron chi connectivity index (χ4n) is 4.93. The molecule has 1 amide bonds. The molecule has 0 spiro atoms. The molecule has 7 nitrogen and oxygen atoms in total. The molecule has 3 aromatic rings. The number of carbonyl (C=O) groups is 2. The van der Waals surface area contributed by atoms with Crippen LogP contribution in [0.5, 0.6) is 11.5 Å². The number of nitrogens with zero attached hydrogens (tertiary/aromatic N) is 1. The molecule has 1 aliphatic heterocycles. The number of nitrogens with one attached hydrogen (secondary N) is 1. The number of alkyl halides is 1. The number of para-hydroxylation sites is 2. The third-order valence-corrected chi connectivity index (χ3v) is 6.70. The van der Waals surface area contributed by atoms with Gasteiger partial charge in [0.2, 0.25) is 5.91 Å². The molecule has 8 heteroatoms. The van der Waals surface area contributed by atoms with Crippen LogP contribution >= 0.6 is 11.6 Å². The summed E-state index contributed by atoms with van der Waals surface area (Å²) in [6.07, 6.45) is 0. The highest BCUT2D eigenvalue weighted by atomic mass is 35.5. The number of amides is 1. The van der Waals surface area contributed by atoms with E-state index in [9.17, 15) is 9.59 Å². The van der Waals surface area contributed by atoms with Crippen molar-refractivity contribution in [1.29, 1.82) is 0 Å². The number of ether oxygens (including phenoxy) is 3.